The highest BCUT2D eigenvalue weighted by Gasteiger charge is 2.34. The van der Waals surface area contributed by atoms with Gasteiger partial charge >= 0.3 is 6.18 Å². The van der Waals surface area contributed by atoms with Crippen LogP contribution in [0.4, 0.5) is 23.4 Å². The van der Waals surface area contributed by atoms with Crippen LogP contribution in [0, 0.1) is 5.82 Å². The molecule has 3 heterocycles. The highest BCUT2D eigenvalue weighted by molar-refractivity contribution is 5.55. The molecule has 6 nitrogen and oxygen atoms in total. The second kappa shape index (κ2) is 8.85. The molecule has 1 fully saturated rings. The Balaban J connectivity index is 1.37. The van der Waals surface area contributed by atoms with Crippen molar-refractivity contribution in [1.29, 1.82) is 0 Å². The van der Waals surface area contributed by atoms with Gasteiger partial charge in [0.05, 0.1) is 11.3 Å². The number of hydrogen-bond donors (Lipinski definition) is 0. The smallest absolute Gasteiger partial charge is 0.355 e. The Kier molecular flexibility index (Phi) is 6.14. The van der Waals surface area contributed by atoms with Gasteiger partial charge in [-0.3, -0.25) is 9.58 Å². The first-order chi connectivity index (χ1) is 15.2. The summed E-state index contributed by atoms with van der Waals surface area (Å²) >= 11 is 0. The Hall–Kier alpha value is -3.01. The Labute approximate surface area is 183 Å². The average Bonchev–Trinajstić information content (AvgIpc) is 3.20. The molecule has 0 saturated carbocycles. The predicted molar refractivity (Wildman–Crippen MR) is 112 cm³/mol. The quantitative estimate of drug-likeness (QED) is 0.550. The van der Waals surface area contributed by atoms with Gasteiger partial charge in [0, 0.05) is 38.9 Å². The van der Waals surface area contributed by atoms with E-state index in [1.807, 2.05) is 37.2 Å². The van der Waals surface area contributed by atoms with E-state index in [1.54, 1.807) is 10.9 Å². The lowest BCUT2D eigenvalue weighted by molar-refractivity contribution is -0.138. The number of rotatable bonds is 5. The summed E-state index contributed by atoms with van der Waals surface area (Å²) in [6.07, 6.45) is -1.31. The van der Waals surface area contributed by atoms with Crippen molar-refractivity contribution in [2.24, 2.45) is 7.05 Å². The van der Waals surface area contributed by atoms with Crippen molar-refractivity contribution in [3.8, 4) is 11.4 Å². The Bertz CT molecular complexity index is 1060. The third kappa shape index (κ3) is 4.74. The number of aromatic nitrogens is 4. The number of piperidine rings is 1. The van der Waals surface area contributed by atoms with Crippen molar-refractivity contribution >= 4 is 5.82 Å². The fourth-order valence-electron chi connectivity index (χ4n) is 4.14. The molecule has 0 N–H and O–H groups in total. The molecule has 1 aliphatic heterocycles. The van der Waals surface area contributed by atoms with E-state index in [4.69, 9.17) is 0 Å². The number of benzene rings is 1. The number of anilines is 1. The molecule has 4 rings (SSSR count). The Morgan fingerprint density at radius 3 is 2.41 bits per heavy atom. The van der Waals surface area contributed by atoms with E-state index in [9.17, 15) is 17.6 Å². The molecule has 0 atom stereocenters. The van der Waals surface area contributed by atoms with Gasteiger partial charge in [-0.25, -0.2) is 4.39 Å². The topological polar surface area (TPSA) is 50.1 Å². The molecule has 0 bridgehead atoms. The maximum Gasteiger partial charge on any atom is 0.416 e. The molecular weight excluding hydrogens is 424 g/mol. The molecule has 1 saturated heterocycles. The molecule has 0 amide bonds. The first-order valence-corrected chi connectivity index (χ1v) is 10.4. The van der Waals surface area contributed by atoms with Crippen molar-refractivity contribution in [2.45, 2.75) is 31.6 Å². The summed E-state index contributed by atoms with van der Waals surface area (Å²) in [5, 5.41) is 12.8. The van der Waals surface area contributed by atoms with Gasteiger partial charge in [-0.2, -0.15) is 18.3 Å². The minimum Gasteiger partial charge on any atom is -0.355 e. The first-order valence-electron chi connectivity index (χ1n) is 10.4. The number of hydrogen-bond acceptors (Lipinski definition) is 5. The fraction of sp³-hybridized carbons (Fsp3) is 0.409. The van der Waals surface area contributed by atoms with E-state index in [0.717, 1.165) is 49.2 Å². The zero-order chi connectivity index (χ0) is 22.9. The first kappa shape index (κ1) is 22.2. The van der Waals surface area contributed by atoms with Crippen molar-refractivity contribution in [3.05, 3.63) is 59.5 Å². The van der Waals surface area contributed by atoms with Crippen LogP contribution in [-0.2, 0) is 19.8 Å². The van der Waals surface area contributed by atoms with Crippen LogP contribution in [0.2, 0.25) is 0 Å². The van der Waals surface area contributed by atoms with Gasteiger partial charge in [0.15, 0.2) is 5.82 Å². The minimum absolute atomic E-state index is 0.0838. The highest BCUT2D eigenvalue weighted by atomic mass is 19.4. The van der Waals surface area contributed by atoms with Gasteiger partial charge in [-0.15, -0.1) is 10.2 Å². The number of aryl methyl sites for hydroxylation is 1. The van der Waals surface area contributed by atoms with Crippen LogP contribution in [0.15, 0.2) is 42.6 Å². The number of nitrogens with zero attached hydrogens (tertiary/aromatic N) is 6. The summed E-state index contributed by atoms with van der Waals surface area (Å²) < 4.78 is 55.0. The van der Waals surface area contributed by atoms with Crippen molar-refractivity contribution in [1.82, 2.24) is 24.9 Å². The molecule has 3 aromatic rings. The lowest BCUT2D eigenvalue weighted by Crippen LogP contribution is -2.43. The van der Waals surface area contributed by atoms with E-state index >= 15 is 0 Å². The van der Waals surface area contributed by atoms with E-state index in [1.165, 1.54) is 6.07 Å². The van der Waals surface area contributed by atoms with Crippen LogP contribution in [0.1, 0.15) is 24.0 Å². The third-order valence-electron chi connectivity index (χ3n) is 5.94. The molecule has 1 aliphatic rings. The molecule has 0 radical (unpaired) electrons. The second-order valence-corrected chi connectivity index (χ2v) is 8.05. The standard InChI is InChI=1S/C22H24F4N6/c1-30(14-15-3-4-16(23)13-18(15)22(24,25)26)17-8-11-32(12-9-17)21-6-5-19(28-29-21)20-7-10-27-31(20)2/h3-7,10,13,17H,8-9,11-12,14H2,1-2H3. The molecule has 2 aromatic heterocycles. The van der Waals surface area contributed by atoms with Gasteiger partial charge in [0.25, 0.3) is 0 Å². The van der Waals surface area contributed by atoms with Gasteiger partial charge in [-0.1, -0.05) is 6.07 Å². The third-order valence-corrected chi connectivity index (χ3v) is 5.94. The number of halogens is 4. The monoisotopic (exact) mass is 448 g/mol. The lowest BCUT2D eigenvalue weighted by Gasteiger charge is -2.37. The van der Waals surface area contributed by atoms with Crippen LogP contribution in [0.25, 0.3) is 11.4 Å². The van der Waals surface area contributed by atoms with E-state index in [-0.39, 0.29) is 18.2 Å². The minimum atomic E-state index is -4.58. The van der Waals surface area contributed by atoms with Gasteiger partial charge < -0.3 is 4.90 Å². The SMILES string of the molecule is CN(Cc1ccc(F)cc1C(F)(F)F)C1CCN(c2ccc(-c3ccnn3C)nn2)CC1. The molecule has 0 aliphatic carbocycles. The zero-order valence-electron chi connectivity index (χ0n) is 17.8. The molecule has 0 spiro atoms. The Morgan fingerprint density at radius 1 is 1.06 bits per heavy atom. The second-order valence-electron chi connectivity index (χ2n) is 8.05. The van der Waals surface area contributed by atoms with Gasteiger partial charge in [-0.05, 0) is 55.8 Å². The molecular formula is C22H24F4N6. The normalized spacial score (nSPS) is 15.5. The average molecular weight is 448 g/mol. The zero-order valence-corrected chi connectivity index (χ0v) is 17.8. The fourth-order valence-corrected chi connectivity index (χ4v) is 4.14. The largest absolute Gasteiger partial charge is 0.416 e. The molecule has 32 heavy (non-hydrogen) atoms. The highest BCUT2D eigenvalue weighted by Crippen LogP contribution is 2.33. The molecule has 0 unspecified atom stereocenters. The molecule has 1 aromatic carbocycles. The summed E-state index contributed by atoms with van der Waals surface area (Å²) in [6.45, 7) is 1.56. The summed E-state index contributed by atoms with van der Waals surface area (Å²) in [5.74, 6) is -0.109. The summed E-state index contributed by atoms with van der Waals surface area (Å²) in [5.41, 5.74) is 0.789. The van der Waals surface area contributed by atoms with Crippen LogP contribution in [0.3, 0.4) is 0 Å². The molecule has 10 heteroatoms. The van der Waals surface area contributed by atoms with Crippen LogP contribution in [-0.4, -0.2) is 51.1 Å². The summed E-state index contributed by atoms with van der Waals surface area (Å²) in [7, 11) is 3.65. The van der Waals surface area contributed by atoms with Crippen molar-refractivity contribution < 1.29 is 17.6 Å². The van der Waals surface area contributed by atoms with Crippen LogP contribution < -0.4 is 4.90 Å². The van der Waals surface area contributed by atoms with Gasteiger partial charge in [0.2, 0.25) is 0 Å². The van der Waals surface area contributed by atoms with E-state index in [2.05, 4.69) is 20.2 Å². The van der Waals surface area contributed by atoms with E-state index in [0.29, 0.717) is 6.07 Å². The van der Waals surface area contributed by atoms with Crippen molar-refractivity contribution in [3.63, 3.8) is 0 Å². The maximum atomic E-state index is 13.4. The van der Waals surface area contributed by atoms with Gasteiger partial charge in [0.1, 0.15) is 11.5 Å². The van der Waals surface area contributed by atoms with Crippen molar-refractivity contribution in [2.75, 3.05) is 25.0 Å². The maximum absolute atomic E-state index is 13.4. The van der Waals surface area contributed by atoms with Crippen LogP contribution >= 0.6 is 0 Å². The molecule has 170 valence electrons. The van der Waals surface area contributed by atoms with E-state index < -0.39 is 17.6 Å². The predicted octanol–water partition coefficient (Wildman–Crippen LogP) is 4.14. The summed E-state index contributed by atoms with van der Waals surface area (Å²) in [6, 6.07) is 8.70. The lowest BCUT2D eigenvalue weighted by atomic mass is 10.0. The van der Waals surface area contributed by atoms with Crippen LogP contribution in [0.5, 0.6) is 0 Å². The Morgan fingerprint density at radius 2 is 1.81 bits per heavy atom. The number of alkyl halides is 3. The summed E-state index contributed by atoms with van der Waals surface area (Å²) in [4.78, 5) is 4.04.